The minimum Gasteiger partial charge on any atom is -0.425 e. The molecule has 2 rings (SSSR count). The molecule has 0 saturated heterocycles. The van der Waals surface area contributed by atoms with Crippen molar-refractivity contribution in [3.63, 3.8) is 0 Å². The number of halogens is 3. The Labute approximate surface area is 126 Å². The molecular weight excluding hydrogens is 307 g/mol. The number of rotatable bonds is 4. The van der Waals surface area contributed by atoms with Crippen LogP contribution in [-0.4, -0.2) is 22.6 Å². The second-order valence-corrected chi connectivity index (χ2v) is 5.31. The monoisotopic (exact) mass is 316 g/mol. The maximum Gasteiger partial charge on any atom is 0.331 e. The molecule has 2 unspecified atom stereocenters. The Balaban J connectivity index is 2.24. The summed E-state index contributed by atoms with van der Waals surface area (Å²) < 4.78 is 5.30. The number of hydrogen-bond acceptors (Lipinski definition) is 2. The van der Waals surface area contributed by atoms with Crippen LogP contribution in [0.2, 0.25) is 0 Å². The average Bonchev–Trinajstić information content (AvgIpc) is 2.46. The second-order valence-electron chi connectivity index (χ2n) is 3.97. The minimum absolute atomic E-state index is 0.0837. The summed E-state index contributed by atoms with van der Waals surface area (Å²) in [5.74, 6) is -0.0498. The Morgan fingerprint density at radius 3 is 2.53 bits per heavy atom. The van der Waals surface area contributed by atoms with Crippen LogP contribution in [0.5, 0.6) is 5.75 Å². The van der Waals surface area contributed by atoms with Crippen LogP contribution >= 0.6 is 34.8 Å². The SMILES string of the molecule is O=C(Oc1cccc2ccccc12)C(Cl)C(Cl)CCl. The molecule has 2 atom stereocenters. The number of carbonyl (C=O) groups is 1. The zero-order chi connectivity index (χ0) is 13.8. The summed E-state index contributed by atoms with van der Waals surface area (Å²) in [5, 5.41) is 0.196. The highest BCUT2D eigenvalue weighted by Crippen LogP contribution is 2.26. The van der Waals surface area contributed by atoms with Gasteiger partial charge in [-0.3, -0.25) is 0 Å². The van der Waals surface area contributed by atoms with E-state index >= 15 is 0 Å². The molecule has 0 radical (unpaired) electrons. The van der Waals surface area contributed by atoms with Crippen molar-refractivity contribution in [3.05, 3.63) is 42.5 Å². The summed E-state index contributed by atoms with van der Waals surface area (Å²) in [6.07, 6.45) is 0. The van der Waals surface area contributed by atoms with Gasteiger partial charge in [-0.25, -0.2) is 4.79 Å². The highest BCUT2D eigenvalue weighted by Gasteiger charge is 2.26. The van der Waals surface area contributed by atoms with Crippen LogP contribution in [-0.2, 0) is 4.79 Å². The molecule has 0 fully saturated rings. The van der Waals surface area contributed by atoms with E-state index in [0.717, 1.165) is 10.8 Å². The smallest absolute Gasteiger partial charge is 0.331 e. The molecule has 0 amide bonds. The van der Waals surface area contributed by atoms with E-state index < -0.39 is 16.7 Å². The van der Waals surface area contributed by atoms with Crippen LogP contribution in [0.4, 0.5) is 0 Å². The molecule has 0 aliphatic rings. The van der Waals surface area contributed by atoms with Gasteiger partial charge in [0.2, 0.25) is 0 Å². The first-order valence-corrected chi connectivity index (χ1v) is 7.08. The molecule has 2 aromatic rings. The Bertz CT molecular complexity index is 580. The third-order valence-electron chi connectivity index (χ3n) is 2.65. The van der Waals surface area contributed by atoms with Crippen molar-refractivity contribution in [3.8, 4) is 5.75 Å². The average molecular weight is 318 g/mol. The molecule has 0 N–H and O–H groups in total. The number of ether oxygens (including phenoxy) is 1. The number of esters is 1. The fourth-order valence-corrected chi connectivity index (χ4v) is 2.18. The standard InChI is InChI=1S/C14H11Cl3O2/c15-8-11(16)13(17)14(18)19-12-7-3-5-9-4-1-2-6-10(9)12/h1-7,11,13H,8H2. The Morgan fingerprint density at radius 2 is 1.79 bits per heavy atom. The number of benzene rings is 2. The summed E-state index contributed by atoms with van der Waals surface area (Å²) in [4.78, 5) is 11.9. The van der Waals surface area contributed by atoms with Gasteiger partial charge in [0.05, 0.1) is 5.38 Å². The first-order chi connectivity index (χ1) is 9.13. The highest BCUT2D eigenvalue weighted by atomic mass is 35.5. The van der Waals surface area contributed by atoms with Crippen molar-refractivity contribution in [2.24, 2.45) is 0 Å². The fraction of sp³-hybridized carbons (Fsp3) is 0.214. The van der Waals surface area contributed by atoms with Crippen LogP contribution < -0.4 is 4.74 Å². The molecule has 100 valence electrons. The van der Waals surface area contributed by atoms with E-state index in [2.05, 4.69) is 0 Å². The molecule has 0 spiro atoms. The quantitative estimate of drug-likeness (QED) is 0.480. The lowest BCUT2D eigenvalue weighted by Gasteiger charge is -2.13. The lowest BCUT2D eigenvalue weighted by atomic mass is 10.1. The van der Waals surface area contributed by atoms with Gasteiger partial charge in [-0.1, -0.05) is 36.4 Å². The van der Waals surface area contributed by atoms with E-state index in [0.29, 0.717) is 5.75 Å². The molecule has 2 nitrogen and oxygen atoms in total. The maximum atomic E-state index is 11.9. The summed E-state index contributed by atoms with van der Waals surface area (Å²) in [5.41, 5.74) is 0. The van der Waals surface area contributed by atoms with Crippen LogP contribution in [0, 0.1) is 0 Å². The van der Waals surface area contributed by atoms with Crippen LogP contribution in [0.25, 0.3) is 10.8 Å². The summed E-state index contributed by atoms with van der Waals surface area (Å²) in [6.45, 7) is 0. The van der Waals surface area contributed by atoms with E-state index in [1.165, 1.54) is 0 Å². The van der Waals surface area contributed by atoms with Crippen molar-refractivity contribution in [1.29, 1.82) is 0 Å². The molecular formula is C14H11Cl3O2. The van der Waals surface area contributed by atoms with Gasteiger partial charge in [0.1, 0.15) is 11.1 Å². The third kappa shape index (κ3) is 3.33. The Hall–Kier alpha value is -0.960. The first-order valence-electron chi connectivity index (χ1n) is 5.67. The zero-order valence-electron chi connectivity index (χ0n) is 9.85. The third-order valence-corrected chi connectivity index (χ3v) is 4.16. The van der Waals surface area contributed by atoms with Crippen molar-refractivity contribution in [2.75, 3.05) is 5.88 Å². The van der Waals surface area contributed by atoms with Crippen molar-refractivity contribution in [1.82, 2.24) is 0 Å². The van der Waals surface area contributed by atoms with Crippen molar-refractivity contribution in [2.45, 2.75) is 10.8 Å². The van der Waals surface area contributed by atoms with E-state index in [9.17, 15) is 4.79 Å². The molecule has 0 aliphatic heterocycles. The van der Waals surface area contributed by atoms with Gasteiger partial charge in [-0.05, 0) is 11.5 Å². The van der Waals surface area contributed by atoms with Gasteiger partial charge in [-0.2, -0.15) is 0 Å². The summed E-state index contributed by atoms with van der Waals surface area (Å²) >= 11 is 17.3. The van der Waals surface area contributed by atoms with Gasteiger partial charge in [0, 0.05) is 11.3 Å². The number of carbonyl (C=O) groups excluding carboxylic acids is 1. The predicted molar refractivity (Wildman–Crippen MR) is 79.6 cm³/mol. The predicted octanol–water partition coefficient (Wildman–Crippen LogP) is 4.20. The Morgan fingerprint density at radius 1 is 1.11 bits per heavy atom. The second kappa shape index (κ2) is 6.47. The molecule has 0 aromatic heterocycles. The van der Waals surface area contributed by atoms with E-state index in [1.807, 2.05) is 36.4 Å². The lowest BCUT2D eigenvalue weighted by molar-refractivity contribution is -0.133. The molecule has 0 bridgehead atoms. The maximum absolute atomic E-state index is 11.9. The molecule has 0 aliphatic carbocycles. The van der Waals surface area contributed by atoms with Crippen molar-refractivity contribution >= 4 is 51.5 Å². The largest absolute Gasteiger partial charge is 0.425 e. The molecule has 0 heterocycles. The topological polar surface area (TPSA) is 26.3 Å². The summed E-state index contributed by atoms with van der Waals surface area (Å²) in [6, 6.07) is 13.1. The molecule has 19 heavy (non-hydrogen) atoms. The molecule has 5 heteroatoms. The zero-order valence-corrected chi connectivity index (χ0v) is 12.1. The van der Waals surface area contributed by atoms with Gasteiger partial charge in [0.15, 0.2) is 0 Å². The van der Waals surface area contributed by atoms with Crippen LogP contribution in [0.3, 0.4) is 0 Å². The normalized spacial score (nSPS) is 14.1. The number of alkyl halides is 3. The molecule has 2 aromatic carbocycles. The molecule has 0 saturated carbocycles. The fourth-order valence-electron chi connectivity index (χ4n) is 1.68. The van der Waals surface area contributed by atoms with E-state index in [1.54, 1.807) is 6.07 Å². The lowest BCUT2D eigenvalue weighted by Crippen LogP contribution is -2.30. The van der Waals surface area contributed by atoms with Gasteiger partial charge < -0.3 is 4.74 Å². The van der Waals surface area contributed by atoms with Crippen LogP contribution in [0.15, 0.2) is 42.5 Å². The highest BCUT2D eigenvalue weighted by molar-refractivity contribution is 6.39. The Kier molecular flexibility index (Phi) is 4.92. The van der Waals surface area contributed by atoms with Gasteiger partial charge in [0.25, 0.3) is 0 Å². The van der Waals surface area contributed by atoms with Gasteiger partial charge in [-0.15, -0.1) is 34.8 Å². The number of hydrogen-bond donors (Lipinski definition) is 0. The minimum atomic E-state index is -0.974. The van der Waals surface area contributed by atoms with Crippen molar-refractivity contribution < 1.29 is 9.53 Å². The van der Waals surface area contributed by atoms with Crippen LogP contribution in [0.1, 0.15) is 0 Å². The van der Waals surface area contributed by atoms with E-state index in [-0.39, 0.29) is 5.88 Å². The van der Waals surface area contributed by atoms with Gasteiger partial charge >= 0.3 is 5.97 Å². The first kappa shape index (κ1) is 14.4. The number of fused-ring (bicyclic) bond motifs is 1. The van der Waals surface area contributed by atoms with E-state index in [4.69, 9.17) is 39.5 Å². The summed E-state index contributed by atoms with van der Waals surface area (Å²) in [7, 11) is 0.